The van der Waals surface area contributed by atoms with Gasteiger partial charge in [-0.15, -0.1) is 0 Å². The van der Waals surface area contributed by atoms with Crippen molar-refractivity contribution in [1.82, 2.24) is 15.3 Å². The quantitative estimate of drug-likeness (QED) is 0.894. The smallest absolute Gasteiger partial charge is 0.271 e. The van der Waals surface area contributed by atoms with Crippen molar-refractivity contribution in [2.45, 2.75) is 6.42 Å². The Hall–Kier alpha value is -2.14. The molecule has 2 rings (SSSR count). The number of nitrogens with zero attached hydrogens (tertiary/aromatic N) is 2. The van der Waals surface area contributed by atoms with Crippen LogP contribution in [0.15, 0.2) is 36.7 Å². The van der Waals surface area contributed by atoms with E-state index in [1.165, 1.54) is 12.4 Å². The molecule has 0 aliphatic rings. The standard InChI is InChI=1S/C13H12ClN3O2/c14-12-8-16-10(7-17-12)13(19)15-6-5-9-3-1-2-4-11(9)18/h1-4,7-8,18H,5-6H2,(H,15,19). The molecule has 0 saturated carbocycles. The van der Waals surface area contributed by atoms with Crippen molar-refractivity contribution in [3.63, 3.8) is 0 Å². The number of amides is 1. The maximum Gasteiger partial charge on any atom is 0.271 e. The van der Waals surface area contributed by atoms with E-state index in [-0.39, 0.29) is 22.5 Å². The molecule has 0 aliphatic carbocycles. The summed E-state index contributed by atoms with van der Waals surface area (Å²) < 4.78 is 0. The summed E-state index contributed by atoms with van der Waals surface area (Å²) in [6.45, 7) is 0.403. The maximum atomic E-state index is 11.7. The molecule has 0 saturated heterocycles. The van der Waals surface area contributed by atoms with E-state index in [2.05, 4.69) is 15.3 Å². The molecule has 19 heavy (non-hydrogen) atoms. The topological polar surface area (TPSA) is 75.1 Å². The van der Waals surface area contributed by atoms with Crippen molar-refractivity contribution in [3.8, 4) is 5.75 Å². The molecule has 2 N–H and O–H groups in total. The molecule has 0 aliphatic heterocycles. The lowest BCUT2D eigenvalue weighted by molar-refractivity contribution is 0.0948. The minimum absolute atomic E-state index is 0.210. The van der Waals surface area contributed by atoms with E-state index in [0.29, 0.717) is 13.0 Å². The van der Waals surface area contributed by atoms with Gasteiger partial charge in [-0.3, -0.25) is 4.79 Å². The van der Waals surface area contributed by atoms with Gasteiger partial charge in [0, 0.05) is 6.54 Å². The van der Waals surface area contributed by atoms with Gasteiger partial charge in [-0.1, -0.05) is 29.8 Å². The first-order valence-electron chi connectivity index (χ1n) is 5.69. The molecule has 0 spiro atoms. The Balaban J connectivity index is 1.88. The first-order chi connectivity index (χ1) is 9.16. The number of carbonyl (C=O) groups is 1. The summed E-state index contributed by atoms with van der Waals surface area (Å²) in [4.78, 5) is 19.4. The molecule has 2 aromatic rings. The van der Waals surface area contributed by atoms with Crippen LogP contribution in [0.5, 0.6) is 5.75 Å². The lowest BCUT2D eigenvalue weighted by Crippen LogP contribution is -2.26. The van der Waals surface area contributed by atoms with Crippen molar-refractivity contribution in [1.29, 1.82) is 0 Å². The predicted molar refractivity (Wildman–Crippen MR) is 71.2 cm³/mol. The van der Waals surface area contributed by atoms with E-state index in [1.54, 1.807) is 12.1 Å². The Morgan fingerprint density at radius 1 is 1.26 bits per heavy atom. The highest BCUT2D eigenvalue weighted by molar-refractivity contribution is 6.29. The normalized spacial score (nSPS) is 10.2. The van der Waals surface area contributed by atoms with Gasteiger partial charge in [0.05, 0.1) is 12.4 Å². The zero-order valence-corrected chi connectivity index (χ0v) is 10.8. The SMILES string of the molecule is O=C(NCCc1ccccc1O)c1cnc(Cl)cn1. The number of hydrogen-bond donors (Lipinski definition) is 2. The fourth-order valence-electron chi connectivity index (χ4n) is 1.55. The van der Waals surface area contributed by atoms with Gasteiger partial charge < -0.3 is 10.4 Å². The van der Waals surface area contributed by atoms with Crippen molar-refractivity contribution in [2.24, 2.45) is 0 Å². The molecule has 0 radical (unpaired) electrons. The van der Waals surface area contributed by atoms with E-state index in [0.717, 1.165) is 5.56 Å². The predicted octanol–water partition coefficient (Wildman–Crippen LogP) is 1.81. The number of carbonyl (C=O) groups excluding carboxylic acids is 1. The van der Waals surface area contributed by atoms with Crippen LogP contribution in [0.1, 0.15) is 16.1 Å². The highest BCUT2D eigenvalue weighted by Gasteiger charge is 2.07. The van der Waals surface area contributed by atoms with Gasteiger partial charge in [0.15, 0.2) is 0 Å². The van der Waals surface area contributed by atoms with Crippen LogP contribution in [0.2, 0.25) is 5.15 Å². The Morgan fingerprint density at radius 3 is 2.74 bits per heavy atom. The number of phenols is 1. The molecule has 1 heterocycles. The number of rotatable bonds is 4. The lowest BCUT2D eigenvalue weighted by atomic mass is 10.1. The van der Waals surface area contributed by atoms with Gasteiger partial charge in [0.25, 0.3) is 5.91 Å². The molecule has 98 valence electrons. The van der Waals surface area contributed by atoms with E-state index in [9.17, 15) is 9.90 Å². The second-order valence-electron chi connectivity index (χ2n) is 3.86. The number of benzene rings is 1. The van der Waals surface area contributed by atoms with E-state index in [1.807, 2.05) is 12.1 Å². The third-order valence-corrected chi connectivity index (χ3v) is 2.72. The van der Waals surface area contributed by atoms with E-state index >= 15 is 0 Å². The lowest BCUT2D eigenvalue weighted by Gasteiger charge is -2.06. The highest BCUT2D eigenvalue weighted by atomic mass is 35.5. The molecule has 0 atom stereocenters. The molecular weight excluding hydrogens is 266 g/mol. The van der Waals surface area contributed by atoms with Crippen LogP contribution in [0, 0.1) is 0 Å². The maximum absolute atomic E-state index is 11.7. The second-order valence-corrected chi connectivity index (χ2v) is 4.25. The number of halogens is 1. The third kappa shape index (κ3) is 3.66. The minimum Gasteiger partial charge on any atom is -0.508 e. The molecule has 0 bridgehead atoms. The number of nitrogens with one attached hydrogen (secondary N) is 1. The average molecular weight is 278 g/mol. The van der Waals surface area contributed by atoms with Gasteiger partial charge in [-0.25, -0.2) is 9.97 Å². The Kier molecular flexibility index (Phi) is 4.30. The molecular formula is C13H12ClN3O2. The average Bonchev–Trinajstić information content (AvgIpc) is 2.41. The second kappa shape index (κ2) is 6.15. The Bertz CT molecular complexity index is 572. The summed E-state index contributed by atoms with van der Waals surface area (Å²) in [6, 6.07) is 7.01. The van der Waals surface area contributed by atoms with Crippen LogP contribution < -0.4 is 5.32 Å². The van der Waals surface area contributed by atoms with Crippen LogP contribution in [0.4, 0.5) is 0 Å². The Labute approximate surface area is 115 Å². The van der Waals surface area contributed by atoms with Crippen molar-refractivity contribution in [2.75, 3.05) is 6.54 Å². The van der Waals surface area contributed by atoms with Crippen molar-refractivity contribution < 1.29 is 9.90 Å². The van der Waals surface area contributed by atoms with Crippen LogP contribution in [0.3, 0.4) is 0 Å². The zero-order valence-electron chi connectivity index (χ0n) is 10.0. The van der Waals surface area contributed by atoms with Crippen LogP contribution in [-0.4, -0.2) is 27.5 Å². The highest BCUT2D eigenvalue weighted by Crippen LogP contribution is 2.15. The van der Waals surface area contributed by atoms with Gasteiger partial charge in [0.2, 0.25) is 0 Å². The van der Waals surface area contributed by atoms with Gasteiger partial charge in [-0.05, 0) is 18.1 Å². The van der Waals surface area contributed by atoms with Crippen molar-refractivity contribution in [3.05, 3.63) is 53.1 Å². The zero-order chi connectivity index (χ0) is 13.7. The van der Waals surface area contributed by atoms with Gasteiger partial charge >= 0.3 is 0 Å². The summed E-state index contributed by atoms with van der Waals surface area (Å²) in [6.07, 6.45) is 3.18. The molecule has 0 fully saturated rings. The fraction of sp³-hybridized carbons (Fsp3) is 0.154. The summed E-state index contributed by atoms with van der Waals surface area (Å²) in [7, 11) is 0. The number of aromatic nitrogens is 2. The monoisotopic (exact) mass is 277 g/mol. The largest absolute Gasteiger partial charge is 0.508 e. The van der Waals surface area contributed by atoms with Crippen LogP contribution >= 0.6 is 11.6 Å². The minimum atomic E-state index is -0.320. The molecule has 1 aromatic carbocycles. The van der Waals surface area contributed by atoms with E-state index < -0.39 is 0 Å². The number of hydrogen-bond acceptors (Lipinski definition) is 4. The molecule has 0 unspecified atom stereocenters. The molecule has 6 heteroatoms. The van der Waals surface area contributed by atoms with Crippen molar-refractivity contribution >= 4 is 17.5 Å². The third-order valence-electron chi connectivity index (χ3n) is 2.52. The summed E-state index contributed by atoms with van der Waals surface area (Å²) in [5, 5.41) is 12.5. The molecule has 1 aromatic heterocycles. The van der Waals surface area contributed by atoms with Gasteiger partial charge in [0.1, 0.15) is 16.6 Å². The van der Waals surface area contributed by atoms with Crippen LogP contribution in [-0.2, 0) is 6.42 Å². The van der Waals surface area contributed by atoms with Gasteiger partial charge in [-0.2, -0.15) is 0 Å². The number of para-hydroxylation sites is 1. The molecule has 1 amide bonds. The van der Waals surface area contributed by atoms with Crippen LogP contribution in [0.25, 0.3) is 0 Å². The number of phenolic OH excluding ortho intramolecular Hbond substituents is 1. The summed E-state index contributed by atoms with van der Waals surface area (Å²) >= 11 is 5.59. The molecule has 5 nitrogen and oxygen atoms in total. The van der Waals surface area contributed by atoms with E-state index in [4.69, 9.17) is 11.6 Å². The first-order valence-corrected chi connectivity index (χ1v) is 6.07. The Morgan fingerprint density at radius 2 is 2.05 bits per heavy atom. The fourth-order valence-corrected chi connectivity index (χ4v) is 1.65. The first kappa shape index (κ1) is 13.3. The summed E-state index contributed by atoms with van der Waals surface area (Å²) in [5.74, 6) is -0.0948. The summed E-state index contributed by atoms with van der Waals surface area (Å²) in [5.41, 5.74) is 0.992. The number of aromatic hydroxyl groups is 1.